The van der Waals surface area contributed by atoms with Gasteiger partial charge in [0.25, 0.3) is 0 Å². The van der Waals surface area contributed by atoms with Gasteiger partial charge in [0.05, 0.1) is 18.4 Å². The van der Waals surface area contributed by atoms with Gasteiger partial charge < -0.3 is 9.73 Å². The molecule has 1 N–H and O–H groups in total. The zero-order chi connectivity index (χ0) is 13.2. The van der Waals surface area contributed by atoms with Gasteiger partial charge in [-0.15, -0.1) is 0 Å². The van der Waals surface area contributed by atoms with Gasteiger partial charge in [0.2, 0.25) is 0 Å². The SMILES string of the molecule is CC(NC1CCCCC1C(F)(F)F)c1ccoc1. The minimum Gasteiger partial charge on any atom is -0.472 e. The van der Waals surface area contributed by atoms with Crippen LogP contribution in [0.5, 0.6) is 0 Å². The van der Waals surface area contributed by atoms with Crippen molar-refractivity contribution in [3.8, 4) is 0 Å². The summed E-state index contributed by atoms with van der Waals surface area (Å²) in [5.41, 5.74) is 0.890. The molecule has 1 aliphatic carbocycles. The normalized spacial score (nSPS) is 27.1. The molecular weight excluding hydrogens is 243 g/mol. The van der Waals surface area contributed by atoms with Gasteiger partial charge in [0.15, 0.2) is 0 Å². The lowest BCUT2D eigenvalue weighted by Gasteiger charge is -2.35. The molecule has 1 heterocycles. The highest BCUT2D eigenvalue weighted by atomic mass is 19.4. The van der Waals surface area contributed by atoms with Crippen LogP contribution in [-0.2, 0) is 0 Å². The second-order valence-corrected chi connectivity index (χ2v) is 4.98. The predicted octanol–water partition coefficient (Wildman–Crippen LogP) is 4.05. The van der Waals surface area contributed by atoms with Crippen molar-refractivity contribution in [3.63, 3.8) is 0 Å². The fraction of sp³-hybridized carbons (Fsp3) is 0.692. The average Bonchev–Trinajstić information content (AvgIpc) is 2.81. The minimum atomic E-state index is -4.10. The van der Waals surface area contributed by atoms with E-state index in [-0.39, 0.29) is 12.5 Å². The maximum absolute atomic E-state index is 12.9. The van der Waals surface area contributed by atoms with Crippen LogP contribution in [0.15, 0.2) is 23.0 Å². The molecule has 102 valence electrons. The zero-order valence-electron chi connectivity index (χ0n) is 10.3. The molecule has 1 aliphatic rings. The van der Waals surface area contributed by atoms with Crippen molar-refractivity contribution >= 4 is 0 Å². The van der Waals surface area contributed by atoms with Gasteiger partial charge in [-0.05, 0) is 25.8 Å². The van der Waals surface area contributed by atoms with Gasteiger partial charge in [-0.1, -0.05) is 12.8 Å². The zero-order valence-corrected chi connectivity index (χ0v) is 10.3. The summed E-state index contributed by atoms with van der Waals surface area (Å²) in [6.07, 6.45) is 1.36. The Labute approximate surface area is 105 Å². The summed E-state index contributed by atoms with van der Waals surface area (Å²) in [5, 5.41) is 3.10. The number of nitrogens with one attached hydrogen (secondary N) is 1. The van der Waals surface area contributed by atoms with Crippen LogP contribution in [0.25, 0.3) is 0 Å². The predicted molar refractivity (Wildman–Crippen MR) is 62.1 cm³/mol. The van der Waals surface area contributed by atoms with Crippen molar-refractivity contribution in [3.05, 3.63) is 24.2 Å². The highest BCUT2D eigenvalue weighted by Crippen LogP contribution is 2.38. The number of halogens is 3. The third-order valence-electron chi connectivity index (χ3n) is 3.69. The summed E-state index contributed by atoms with van der Waals surface area (Å²) in [4.78, 5) is 0. The minimum absolute atomic E-state index is 0.114. The standard InChI is InChI=1S/C13H18F3NO/c1-9(10-6-7-18-8-10)17-12-5-3-2-4-11(12)13(14,15)16/h6-9,11-12,17H,2-5H2,1H3. The molecule has 5 heteroatoms. The maximum atomic E-state index is 12.9. The van der Waals surface area contributed by atoms with Gasteiger partial charge in [-0.2, -0.15) is 13.2 Å². The van der Waals surface area contributed by atoms with Crippen molar-refractivity contribution in [2.75, 3.05) is 0 Å². The number of hydrogen-bond donors (Lipinski definition) is 1. The highest BCUT2D eigenvalue weighted by molar-refractivity contribution is 5.11. The Morgan fingerprint density at radius 2 is 2.06 bits per heavy atom. The summed E-state index contributed by atoms with van der Waals surface area (Å²) in [5.74, 6) is -1.22. The summed E-state index contributed by atoms with van der Waals surface area (Å²) in [6.45, 7) is 1.87. The van der Waals surface area contributed by atoms with E-state index in [2.05, 4.69) is 5.32 Å². The van der Waals surface area contributed by atoms with Gasteiger partial charge in [-0.25, -0.2) is 0 Å². The molecule has 2 rings (SSSR count). The number of furan rings is 1. The molecule has 2 nitrogen and oxygen atoms in total. The van der Waals surface area contributed by atoms with Crippen LogP contribution in [0.4, 0.5) is 13.2 Å². The van der Waals surface area contributed by atoms with E-state index in [1.54, 1.807) is 12.3 Å². The van der Waals surface area contributed by atoms with Crippen molar-refractivity contribution < 1.29 is 17.6 Å². The molecule has 3 unspecified atom stereocenters. The first-order valence-electron chi connectivity index (χ1n) is 6.33. The molecule has 0 bridgehead atoms. The second-order valence-electron chi connectivity index (χ2n) is 4.98. The monoisotopic (exact) mass is 261 g/mol. The quantitative estimate of drug-likeness (QED) is 0.888. The van der Waals surface area contributed by atoms with Crippen molar-refractivity contribution in [1.82, 2.24) is 5.32 Å². The summed E-state index contributed by atoms with van der Waals surface area (Å²) in [6, 6.07) is 1.18. The molecule has 0 spiro atoms. The van der Waals surface area contributed by atoms with Gasteiger partial charge in [0.1, 0.15) is 0 Å². The largest absolute Gasteiger partial charge is 0.472 e. The fourth-order valence-electron chi connectivity index (χ4n) is 2.66. The van der Waals surface area contributed by atoms with Gasteiger partial charge >= 0.3 is 6.18 Å². The summed E-state index contributed by atoms with van der Waals surface area (Å²) < 4.78 is 43.7. The van der Waals surface area contributed by atoms with E-state index < -0.39 is 18.1 Å². The highest BCUT2D eigenvalue weighted by Gasteiger charge is 2.45. The molecule has 3 atom stereocenters. The maximum Gasteiger partial charge on any atom is 0.393 e. The average molecular weight is 261 g/mol. The molecule has 1 aromatic rings. The summed E-state index contributed by atoms with van der Waals surface area (Å²) >= 11 is 0. The van der Waals surface area contributed by atoms with E-state index in [1.165, 1.54) is 6.26 Å². The Hall–Kier alpha value is -0.970. The first kappa shape index (κ1) is 13.5. The van der Waals surface area contributed by atoms with Crippen LogP contribution >= 0.6 is 0 Å². The van der Waals surface area contributed by atoms with E-state index >= 15 is 0 Å². The molecule has 0 aliphatic heterocycles. The van der Waals surface area contributed by atoms with Crippen LogP contribution in [0.1, 0.15) is 44.2 Å². The van der Waals surface area contributed by atoms with Gasteiger partial charge in [-0.3, -0.25) is 0 Å². The molecule has 0 amide bonds. The first-order chi connectivity index (χ1) is 8.48. The number of hydrogen-bond acceptors (Lipinski definition) is 2. The van der Waals surface area contributed by atoms with E-state index in [0.29, 0.717) is 12.8 Å². The Morgan fingerprint density at radius 3 is 2.67 bits per heavy atom. The second kappa shape index (κ2) is 5.34. The molecule has 0 radical (unpaired) electrons. The molecular formula is C13H18F3NO. The lowest BCUT2D eigenvalue weighted by molar-refractivity contribution is -0.189. The van der Waals surface area contributed by atoms with Crippen LogP contribution in [0.2, 0.25) is 0 Å². The smallest absolute Gasteiger partial charge is 0.393 e. The van der Waals surface area contributed by atoms with E-state index in [9.17, 15) is 13.2 Å². The molecule has 1 fully saturated rings. The Kier molecular flexibility index (Phi) is 4.00. The Bertz CT molecular complexity index is 361. The molecule has 0 aromatic carbocycles. The van der Waals surface area contributed by atoms with Gasteiger partial charge in [0, 0.05) is 17.6 Å². The molecule has 1 aromatic heterocycles. The van der Waals surface area contributed by atoms with Crippen LogP contribution in [0, 0.1) is 5.92 Å². The van der Waals surface area contributed by atoms with E-state index in [4.69, 9.17) is 4.42 Å². The number of alkyl halides is 3. The van der Waals surface area contributed by atoms with Crippen LogP contribution in [0.3, 0.4) is 0 Å². The van der Waals surface area contributed by atoms with Crippen LogP contribution < -0.4 is 5.32 Å². The lowest BCUT2D eigenvalue weighted by Crippen LogP contribution is -2.46. The van der Waals surface area contributed by atoms with Crippen molar-refractivity contribution in [2.24, 2.45) is 5.92 Å². The van der Waals surface area contributed by atoms with Crippen molar-refractivity contribution in [2.45, 2.75) is 50.9 Å². The lowest BCUT2D eigenvalue weighted by atomic mass is 9.83. The van der Waals surface area contributed by atoms with Crippen molar-refractivity contribution in [1.29, 1.82) is 0 Å². The fourth-order valence-corrected chi connectivity index (χ4v) is 2.66. The number of rotatable bonds is 3. The summed E-state index contributed by atoms with van der Waals surface area (Å²) in [7, 11) is 0. The third kappa shape index (κ3) is 3.07. The third-order valence-corrected chi connectivity index (χ3v) is 3.69. The van der Waals surface area contributed by atoms with E-state index in [0.717, 1.165) is 12.0 Å². The topological polar surface area (TPSA) is 25.2 Å². The van der Waals surface area contributed by atoms with Crippen LogP contribution in [-0.4, -0.2) is 12.2 Å². The Morgan fingerprint density at radius 1 is 1.33 bits per heavy atom. The van der Waals surface area contributed by atoms with E-state index in [1.807, 2.05) is 6.92 Å². The Balaban J connectivity index is 2.01. The molecule has 0 saturated heterocycles. The molecule has 1 saturated carbocycles. The first-order valence-corrected chi connectivity index (χ1v) is 6.33. The molecule has 18 heavy (non-hydrogen) atoms.